The molecule has 6 aliphatic rings. The summed E-state index contributed by atoms with van der Waals surface area (Å²) in [5.74, 6) is -2.22. The molecular weight excluding hydrogens is 624 g/mol. The maximum absolute atomic E-state index is 15.9. The monoisotopic (exact) mass is 671 g/mol. The zero-order chi connectivity index (χ0) is 32.9. The zero-order valence-corrected chi connectivity index (χ0v) is 28.1. The normalized spacial score (nSPS) is 26.1. The van der Waals surface area contributed by atoms with Crippen molar-refractivity contribution >= 4 is 32.2 Å². The molecular formula is C35H47F2N5O4S. The van der Waals surface area contributed by atoms with Crippen molar-refractivity contribution in [3.05, 3.63) is 53.9 Å². The van der Waals surface area contributed by atoms with Crippen molar-refractivity contribution in [2.45, 2.75) is 63.8 Å². The van der Waals surface area contributed by atoms with E-state index in [2.05, 4.69) is 20.2 Å². The van der Waals surface area contributed by atoms with E-state index in [1.807, 2.05) is 30.0 Å². The summed E-state index contributed by atoms with van der Waals surface area (Å²) in [5.41, 5.74) is 2.27. The topological polar surface area (TPSA) is 96.9 Å². The predicted octanol–water partition coefficient (Wildman–Crippen LogP) is 6.20. The largest absolute Gasteiger partial charge is 0.491 e. The van der Waals surface area contributed by atoms with E-state index in [0.717, 1.165) is 61.9 Å². The molecule has 0 aliphatic carbocycles. The summed E-state index contributed by atoms with van der Waals surface area (Å²) in [5, 5.41) is 4.20. The molecule has 3 aromatic rings. The maximum atomic E-state index is 15.9. The Morgan fingerprint density at radius 2 is 1.64 bits per heavy atom. The molecule has 8 bridgehead atoms. The molecule has 0 radical (unpaired) electrons. The SMILES string of the molecule is C[C@H]1Nc2ncnc3cc(c(N4CCS(=O)(=O)CC4)cc23)OCCCCOCCCCCN2CCC(CC2)C(F)(F)c2cccc1c2. The van der Waals surface area contributed by atoms with E-state index in [0.29, 0.717) is 69.3 Å². The number of piperidine rings is 1. The second-order valence-corrected chi connectivity index (χ2v) is 15.5. The molecule has 2 aromatic carbocycles. The van der Waals surface area contributed by atoms with Gasteiger partial charge in [0.25, 0.3) is 5.92 Å². The van der Waals surface area contributed by atoms with Gasteiger partial charge < -0.3 is 24.6 Å². The van der Waals surface area contributed by atoms with Crippen molar-refractivity contribution in [1.82, 2.24) is 14.9 Å². The van der Waals surface area contributed by atoms with Crippen LogP contribution in [0.4, 0.5) is 20.3 Å². The second kappa shape index (κ2) is 15.0. The minimum Gasteiger partial charge on any atom is -0.491 e. The summed E-state index contributed by atoms with van der Waals surface area (Å²) in [4.78, 5) is 13.4. The van der Waals surface area contributed by atoms with Gasteiger partial charge in [0.15, 0.2) is 9.84 Å². The van der Waals surface area contributed by atoms with Crippen molar-refractivity contribution in [2.75, 3.05) is 74.3 Å². The summed E-state index contributed by atoms with van der Waals surface area (Å²) in [6.45, 7) is 6.91. The number of sulfone groups is 1. The molecule has 1 N–H and O–H groups in total. The molecule has 1 atom stereocenters. The highest BCUT2D eigenvalue weighted by molar-refractivity contribution is 7.91. The van der Waals surface area contributed by atoms with Crippen molar-refractivity contribution in [3.8, 4) is 5.75 Å². The summed E-state index contributed by atoms with van der Waals surface area (Å²) in [6, 6.07) is 10.3. The van der Waals surface area contributed by atoms with Crippen LogP contribution in [-0.2, 0) is 20.5 Å². The number of aromatic nitrogens is 2. The second-order valence-electron chi connectivity index (χ2n) is 13.2. The molecule has 12 heteroatoms. The van der Waals surface area contributed by atoms with Crippen LogP contribution in [0.15, 0.2) is 42.7 Å². The number of nitrogens with zero attached hydrogens (tertiary/aromatic N) is 4. The van der Waals surface area contributed by atoms with Crippen LogP contribution in [0.3, 0.4) is 0 Å². The zero-order valence-electron chi connectivity index (χ0n) is 27.3. The number of alkyl halides is 2. The first-order valence-electron chi connectivity index (χ1n) is 17.1. The Kier molecular flexibility index (Phi) is 10.8. The Morgan fingerprint density at radius 1 is 0.894 bits per heavy atom. The van der Waals surface area contributed by atoms with Crippen LogP contribution in [0.2, 0.25) is 0 Å². The molecule has 0 amide bonds. The van der Waals surface area contributed by atoms with E-state index in [-0.39, 0.29) is 23.1 Å². The van der Waals surface area contributed by atoms with E-state index in [4.69, 9.17) is 9.47 Å². The van der Waals surface area contributed by atoms with Crippen molar-refractivity contribution in [2.24, 2.45) is 5.92 Å². The number of ether oxygens (including phenoxy) is 2. The van der Waals surface area contributed by atoms with Crippen LogP contribution in [0.5, 0.6) is 5.75 Å². The van der Waals surface area contributed by atoms with Gasteiger partial charge in [-0.15, -0.1) is 0 Å². The third kappa shape index (κ3) is 8.32. The van der Waals surface area contributed by atoms with Gasteiger partial charge in [-0.1, -0.05) is 18.2 Å². The molecule has 9 rings (SSSR count). The van der Waals surface area contributed by atoms with E-state index >= 15 is 8.78 Å². The first-order chi connectivity index (χ1) is 22.7. The predicted molar refractivity (Wildman–Crippen MR) is 181 cm³/mol. The lowest BCUT2D eigenvalue weighted by atomic mass is 9.85. The molecule has 0 saturated carbocycles. The number of rotatable bonds is 1. The van der Waals surface area contributed by atoms with E-state index < -0.39 is 21.7 Å². The Bertz CT molecular complexity index is 1600. The minimum atomic E-state index is -3.08. The quantitative estimate of drug-likeness (QED) is 0.324. The molecule has 0 unspecified atom stereocenters. The molecule has 1 aromatic heterocycles. The fourth-order valence-corrected chi connectivity index (χ4v) is 8.07. The Labute approximate surface area is 277 Å². The van der Waals surface area contributed by atoms with Crippen LogP contribution in [0, 0.1) is 5.92 Å². The lowest BCUT2D eigenvalue weighted by Gasteiger charge is -2.36. The van der Waals surface area contributed by atoms with E-state index in [1.54, 1.807) is 18.2 Å². The molecule has 2 saturated heterocycles. The average molecular weight is 672 g/mol. The van der Waals surface area contributed by atoms with Gasteiger partial charge in [-0.05, 0) is 89.2 Å². The number of anilines is 2. The van der Waals surface area contributed by atoms with Crippen LogP contribution in [0.1, 0.15) is 69.0 Å². The Morgan fingerprint density at radius 3 is 2.43 bits per heavy atom. The van der Waals surface area contributed by atoms with Gasteiger partial charge in [0.1, 0.15) is 17.9 Å². The molecule has 0 spiro atoms. The molecule has 2 fully saturated rings. The van der Waals surface area contributed by atoms with Crippen molar-refractivity contribution in [3.63, 3.8) is 0 Å². The van der Waals surface area contributed by atoms with Gasteiger partial charge in [0.2, 0.25) is 0 Å². The van der Waals surface area contributed by atoms with Gasteiger partial charge >= 0.3 is 0 Å². The highest BCUT2D eigenvalue weighted by atomic mass is 32.2. The van der Waals surface area contributed by atoms with Crippen LogP contribution >= 0.6 is 0 Å². The van der Waals surface area contributed by atoms with E-state index in [9.17, 15) is 8.42 Å². The highest BCUT2D eigenvalue weighted by Gasteiger charge is 2.42. The summed E-state index contributed by atoms with van der Waals surface area (Å²) in [7, 11) is -3.08. The highest BCUT2D eigenvalue weighted by Crippen LogP contribution is 2.42. The van der Waals surface area contributed by atoms with Crippen LogP contribution in [-0.4, -0.2) is 87.3 Å². The number of halogens is 2. The minimum absolute atomic E-state index is 0.0558. The van der Waals surface area contributed by atoms with Crippen LogP contribution in [0.25, 0.3) is 10.9 Å². The van der Waals surface area contributed by atoms with Gasteiger partial charge in [0.05, 0.1) is 29.3 Å². The third-order valence-electron chi connectivity index (χ3n) is 9.83. The van der Waals surface area contributed by atoms with Gasteiger partial charge in [-0.25, -0.2) is 27.2 Å². The molecule has 9 nitrogen and oxygen atoms in total. The molecule has 47 heavy (non-hydrogen) atoms. The molecule has 6 aliphatic heterocycles. The maximum Gasteiger partial charge on any atom is 0.276 e. The summed E-state index contributed by atoms with van der Waals surface area (Å²) < 4.78 is 68.4. The summed E-state index contributed by atoms with van der Waals surface area (Å²) in [6.07, 6.45) is 7.25. The molecule has 7 heterocycles. The lowest BCUT2D eigenvalue weighted by Crippen LogP contribution is -2.40. The lowest BCUT2D eigenvalue weighted by molar-refractivity contribution is -0.0855. The number of benzene rings is 2. The van der Waals surface area contributed by atoms with Gasteiger partial charge in [-0.2, -0.15) is 0 Å². The number of hydrogen-bond donors (Lipinski definition) is 1. The smallest absolute Gasteiger partial charge is 0.276 e. The van der Waals surface area contributed by atoms with Crippen molar-refractivity contribution in [1.29, 1.82) is 0 Å². The van der Waals surface area contributed by atoms with Crippen molar-refractivity contribution < 1.29 is 26.7 Å². The summed E-state index contributed by atoms with van der Waals surface area (Å²) >= 11 is 0. The Balaban J connectivity index is 1.29. The average Bonchev–Trinajstić information content (AvgIpc) is 3.07. The first kappa shape index (κ1) is 33.8. The fourth-order valence-electron chi connectivity index (χ4n) is 6.87. The number of hydrogen-bond acceptors (Lipinski definition) is 9. The Hall–Kier alpha value is -3.09. The third-order valence-corrected chi connectivity index (χ3v) is 11.4. The standard InChI is InChI=1S/C35H47F2N5O4S/c1-26-27-8-7-9-29(22-27)35(36,37)28-10-13-41(14-11-28)12-3-2-4-17-45-18-5-6-19-46-33-24-31-30(34(40-26)39-25-38-31)23-32(33)42-15-20-47(43,44)21-16-42/h7-9,22-26,28H,2-6,10-21H2,1H3,(H,38,39,40)/t26-/m1/s1. The van der Waals surface area contributed by atoms with Crippen LogP contribution < -0.4 is 15.0 Å². The fraction of sp³-hybridized carbons (Fsp3) is 0.600. The number of nitrogens with one attached hydrogen (secondary N) is 1. The van der Waals surface area contributed by atoms with E-state index in [1.165, 1.54) is 6.33 Å². The first-order valence-corrected chi connectivity index (χ1v) is 18.9. The van der Waals surface area contributed by atoms with Gasteiger partial charge in [-0.3, -0.25) is 0 Å². The van der Waals surface area contributed by atoms with Gasteiger partial charge in [0, 0.05) is 55.3 Å². The molecule has 256 valence electrons.